The summed E-state index contributed by atoms with van der Waals surface area (Å²) in [5.74, 6) is 1.02. The molecule has 18 heavy (non-hydrogen) atoms. The van der Waals surface area contributed by atoms with Gasteiger partial charge in [-0.05, 0) is 52.6 Å². The Bertz CT molecular complexity index is 386. The Morgan fingerprint density at radius 1 is 1.28 bits per heavy atom. The van der Waals surface area contributed by atoms with Crippen LogP contribution >= 0.6 is 0 Å². The highest BCUT2D eigenvalue weighted by molar-refractivity contribution is 7.92. The van der Waals surface area contributed by atoms with Crippen molar-refractivity contribution in [2.45, 2.75) is 44.4 Å². The molecule has 2 aliphatic heterocycles. The van der Waals surface area contributed by atoms with Crippen molar-refractivity contribution in [3.63, 3.8) is 0 Å². The van der Waals surface area contributed by atoms with Crippen LogP contribution < -0.4 is 5.32 Å². The van der Waals surface area contributed by atoms with Crippen LogP contribution in [0.3, 0.4) is 0 Å². The van der Waals surface area contributed by atoms with Gasteiger partial charge < -0.3 is 5.32 Å². The van der Waals surface area contributed by atoms with Crippen molar-refractivity contribution in [1.29, 1.82) is 0 Å². The van der Waals surface area contributed by atoms with Crippen molar-refractivity contribution >= 4 is 9.84 Å². The number of hydrogen-bond donors (Lipinski definition) is 1. The van der Waals surface area contributed by atoms with Gasteiger partial charge in [-0.3, -0.25) is 4.90 Å². The molecule has 0 aromatic rings. The third-order valence-electron chi connectivity index (χ3n) is 4.37. The molecule has 0 radical (unpaired) electrons. The second-order valence-corrected chi connectivity index (χ2v) is 9.46. The number of hydrogen-bond acceptors (Lipinski definition) is 4. The third kappa shape index (κ3) is 2.89. The zero-order chi connectivity index (χ0) is 13.4. The van der Waals surface area contributed by atoms with Gasteiger partial charge in [0, 0.05) is 19.1 Å². The molecule has 1 N–H and O–H groups in total. The van der Waals surface area contributed by atoms with Crippen LogP contribution in [0.1, 0.15) is 33.6 Å². The molecule has 0 bridgehead atoms. The first-order valence-electron chi connectivity index (χ1n) is 6.98. The molecule has 5 heteroatoms. The van der Waals surface area contributed by atoms with E-state index in [2.05, 4.69) is 10.2 Å². The van der Waals surface area contributed by atoms with E-state index < -0.39 is 14.6 Å². The highest BCUT2D eigenvalue weighted by atomic mass is 32.2. The van der Waals surface area contributed by atoms with Gasteiger partial charge in [-0.2, -0.15) is 0 Å². The smallest absolute Gasteiger partial charge is 0.156 e. The van der Waals surface area contributed by atoms with E-state index >= 15 is 0 Å². The minimum absolute atomic E-state index is 0.291. The van der Waals surface area contributed by atoms with Crippen LogP contribution in [0.5, 0.6) is 0 Å². The van der Waals surface area contributed by atoms with Crippen molar-refractivity contribution in [3.8, 4) is 0 Å². The van der Waals surface area contributed by atoms with Crippen molar-refractivity contribution in [3.05, 3.63) is 0 Å². The van der Waals surface area contributed by atoms with Gasteiger partial charge in [0.25, 0.3) is 0 Å². The Morgan fingerprint density at radius 3 is 2.67 bits per heavy atom. The Labute approximate surface area is 111 Å². The lowest BCUT2D eigenvalue weighted by molar-refractivity contribution is 0.133. The maximum atomic E-state index is 12.1. The lowest BCUT2D eigenvalue weighted by Crippen LogP contribution is -2.47. The zero-order valence-electron chi connectivity index (χ0n) is 11.8. The van der Waals surface area contributed by atoms with Gasteiger partial charge in [0.05, 0.1) is 10.5 Å². The molecule has 2 unspecified atom stereocenters. The van der Waals surface area contributed by atoms with Gasteiger partial charge in [-0.15, -0.1) is 0 Å². The van der Waals surface area contributed by atoms with Gasteiger partial charge >= 0.3 is 0 Å². The quantitative estimate of drug-likeness (QED) is 0.830. The van der Waals surface area contributed by atoms with Crippen LogP contribution in [0.25, 0.3) is 0 Å². The molecule has 2 heterocycles. The van der Waals surface area contributed by atoms with Crippen LogP contribution in [0.4, 0.5) is 0 Å². The monoisotopic (exact) mass is 274 g/mol. The minimum atomic E-state index is -2.99. The number of nitrogens with zero attached hydrogens (tertiary/aromatic N) is 1. The second-order valence-electron chi connectivity index (χ2n) is 6.60. The molecular formula is C13H26N2O2S. The molecule has 0 saturated carbocycles. The summed E-state index contributed by atoms with van der Waals surface area (Å²) in [6.45, 7) is 9.26. The number of fused-ring (bicyclic) bond motifs is 1. The standard InChI is InChI=1S/C13H26N2O2S/c1-13(2,3)18(16,17)8-7-15-6-4-5-11-9-14-10-12(11)15/h11-12,14H,4-10H2,1-3H3. The minimum Gasteiger partial charge on any atom is -0.315 e. The van der Waals surface area contributed by atoms with Gasteiger partial charge in [0.15, 0.2) is 9.84 Å². The molecule has 0 aliphatic carbocycles. The van der Waals surface area contributed by atoms with Crippen LogP contribution in [-0.2, 0) is 9.84 Å². The first-order valence-corrected chi connectivity index (χ1v) is 8.63. The predicted octanol–water partition coefficient (Wildman–Crippen LogP) is 0.884. The summed E-state index contributed by atoms with van der Waals surface area (Å²) >= 11 is 0. The van der Waals surface area contributed by atoms with Crippen LogP contribution in [0.2, 0.25) is 0 Å². The summed E-state index contributed by atoms with van der Waals surface area (Å²) in [5.41, 5.74) is 0. The number of rotatable bonds is 3. The highest BCUT2D eigenvalue weighted by Crippen LogP contribution is 2.26. The molecule has 0 spiro atoms. The SMILES string of the molecule is CC(C)(C)S(=O)(=O)CCN1CCCC2CNCC21. The van der Waals surface area contributed by atoms with Crippen LogP contribution in [0, 0.1) is 5.92 Å². The third-order valence-corrected chi connectivity index (χ3v) is 6.96. The fraction of sp³-hybridized carbons (Fsp3) is 1.00. The fourth-order valence-corrected chi connectivity index (χ4v) is 4.07. The summed E-state index contributed by atoms with van der Waals surface area (Å²) in [6.07, 6.45) is 2.50. The maximum Gasteiger partial charge on any atom is 0.156 e. The normalized spacial score (nSPS) is 30.4. The summed E-state index contributed by atoms with van der Waals surface area (Å²) in [7, 11) is -2.99. The zero-order valence-corrected chi connectivity index (χ0v) is 12.6. The molecule has 2 rings (SSSR count). The van der Waals surface area contributed by atoms with E-state index in [0.29, 0.717) is 18.3 Å². The Morgan fingerprint density at radius 2 is 2.00 bits per heavy atom. The summed E-state index contributed by atoms with van der Waals surface area (Å²) in [4.78, 5) is 2.39. The van der Waals surface area contributed by atoms with Crippen LogP contribution in [0.15, 0.2) is 0 Å². The molecule has 106 valence electrons. The highest BCUT2D eigenvalue weighted by Gasteiger charge is 2.36. The van der Waals surface area contributed by atoms with Gasteiger partial charge in [-0.1, -0.05) is 0 Å². The predicted molar refractivity (Wildman–Crippen MR) is 74.5 cm³/mol. The average Bonchev–Trinajstić information content (AvgIpc) is 2.73. The Hall–Kier alpha value is -0.130. The van der Waals surface area contributed by atoms with E-state index in [0.717, 1.165) is 25.6 Å². The molecule has 2 fully saturated rings. The summed E-state index contributed by atoms with van der Waals surface area (Å²) < 4.78 is 23.7. The summed E-state index contributed by atoms with van der Waals surface area (Å²) in [5, 5.41) is 3.43. The van der Waals surface area contributed by atoms with E-state index in [9.17, 15) is 8.42 Å². The van der Waals surface area contributed by atoms with Crippen molar-refractivity contribution in [1.82, 2.24) is 10.2 Å². The average molecular weight is 274 g/mol. The first kappa shape index (κ1) is 14.3. The largest absolute Gasteiger partial charge is 0.315 e. The van der Waals surface area contributed by atoms with Crippen molar-refractivity contribution < 1.29 is 8.42 Å². The molecule has 0 amide bonds. The van der Waals surface area contributed by atoms with E-state index in [1.54, 1.807) is 20.8 Å². The number of nitrogens with one attached hydrogen (secondary N) is 1. The molecule has 0 aromatic carbocycles. The Kier molecular flexibility index (Phi) is 4.04. The van der Waals surface area contributed by atoms with E-state index in [-0.39, 0.29) is 0 Å². The maximum absolute atomic E-state index is 12.1. The van der Waals surface area contributed by atoms with E-state index in [4.69, 9.17) is 0 Å². The first-order chi connectivity index (χ1) is 8.31. The van der Waals surface area contributed by atoms with Crippen molar-refractivity contribution in [2.24, 2.45) is 5.92 Å². The second kappa shape index (κ2) is 5.10. The topological polar surface area (TPSA) is 49.4 Å². The molecule has 4 nitrogen and oxygen atoms in total. The lowest BCUT2D eigenvalue weighted by Gasteiger charge is -2.37. The molecule has 2 saturated heterocycles. The molecule has 2 aliphatic rings. The fourth-order valence-electron chi connectivity index (χ4n) is 2.98. The molecular weight excluding hydrogens is 248 g/mol. The Balaban J connectivity index is 1.94. The molecule has 2 atom stereocenters. The van der Waals surface area contributed by atoms with E-state index in [1.807, 2.05) is 0 Å². The number of likely N-dealkylation sites (tertiary alicyclic amines) is 1. The number of piperidine rings is 1. The van der Waals surface area contributed by atoms with Crippen LogP contribution in [-0.4, -0.2) is 56.0 Å². The van der Waals surface area contributed by atoms with E-state index in [1.165, 1.54) is 12.8 Å². The number of sulfone groups is 1. The summed E-state index contributed by atoms with van der Waals surface area (Å²) in [6, 6.07) is 0.564. The van der Waals surface area contributed by atoms with Gasteiger partial charge in [-0.25, -0.2) is 8.42 Å². The molecule has 0 aromatic heterocycles. The lowest BCUT2D eigenvalue weighted by atomic mass is 9.92. The van der Waals surface area contributed by atoms with Crippen molar-refractivity contribution in [2.75, 3.05) is 31.9 Å². The van der Waals surface area contributed by atoms with Gasteiger partial charge in [0.2, 0.25) is 0 Å². The van der Waals surface area contributed by atoms with Gasteiger partial charge in [0.1, 0.15) is 0 Å².